The standard InChI is InChI=1S/C11H6BrClOS/c12-10-6-15-5-9(10)7-1-2-11(13)8(3-7)4-14/h1-6H. The Morgan fingerprint density at radius 2 is 2.13 bits per heavy atom. The minimum absolute atomic E-state index is 0.486. The van der Waals surface area contributed by atoms with E-state index in [1.165, 1.54) is 0 Å². The van der Waals surface area contributed by atoms with Crippen LogP contribution in [0.15, 0.2) is 33.4 Å². The van der Waals surface area contributed by atoms with Gasteiger partial charge in [-0.15, -0.1) is 0 Å². The van der Waals surface area contributed by atoms with Gasteiger partial charge in [0.05, 0.1) is 5.02 Å². The molecule has 0 saturated heterocycles. The zero-order valence-corrected chi connectivity index (χ0v) is 10.7. The SMILES string of the molecule is O=Cc1cc(-c2cscc2Br)ccc1Cl. The van der Waals surface area contributed by atoms with Crippen molar-refractivity contribution in [2.24, 2.45) is 0 Å². The molecule has 0 aliphatic carbocycles. The Kier molecular flexibility index (Phi) is 3.24. The molecular formula is C11H6BrClOS. The monoisotopic (exact) mass is 300 g/mol. The Morgan fingerprint density at radius 1 is 1.33 bits per heavy atom. The molecule has 1 nitrogen and oxygen atoms in total. The van der Waals surface area contributed by atoms with Crippen LogP contribution in [0.25, 0.3) is 11.1 Å². The fourth-order valence-corrected chi connectivity index (χ4v) is 2.98. The topological polar surface area (TPSA) is 17.1 Å². The number of carbonyl (C=O) groups is 1. The first-order chi connectivity index (χ1) is 7.22. The zero-order valence-electron chi connectivity index (χ0n) is 7.54. The average Bonchev–Trinajstić information content (AvgIpc) is 2.65. The van der Waals surface area contributed by atoms with E-state index in [1.54, 1.807) is 23.5 Å². The fraction of sp³-hybridized carbons (Fsp3) is 0. The van der Waals surface area contributed by atoms with Crippen LogP contribution in [0.3, 0.4) is 0 Å². The maximum absolute atomic E-state index is 10.7. The van der Waals surface area contributed by atoms with E-state index in [0.717, 1.165) is 21.9 Å². The molecule has 1 aromatic heterocycles. The minimum atomic E-state index is 0.486. The first-order valence-corrected chi connectivity index (χ1v) is 6.30. The predicted molar refractivity (Wildman–Crippen MR) is 67.9 cm³/mol. The van der Waals surface area contributed by atoms with Gasteiger partial charge in [0, 0.05) is 21.0 Å². The summed E-state index contributed by atoms with van der Waals surface area (Å²) < 4.78 is 1.03. The molecule has 4 heteroatoms. The van der Waals surface area contributed by atoms with Crippen LogP contribution in [0, 0.1) is 0 Å². The quantitative estimate of drug-likeness (QED) is 0.738. The third-order valence-electron chi connectivity index (χ3n) is 2.05. The maximum Gasteiger partial charge on any atom is 0.151 e. The summed E-state index contributed by atoms with van der Waals surface area (Å²) in [4.78, 5) is 10.7. The molecule has 0 saturated carbocycles. The normalized spacial score (nSPS) is 10.3. The van der Waals surface area contributed by atoms with Gasteiger partial charge in [0.2, 0.25) is 0 Å². The van der Waals surface area contributed by atoms with Crippen LogP contribution in [-0.4, -0.2) is 6.29 Å². The van der Waals surface area contributed by atoms with Crippen molar-refractivity contribution in [2.45, 2.75) is 0 Å². The van der Waals surface area contributed by atoms with Crippen molar-refractivity contribution in [2.75, 3.05) is 0 Å². The molecule has 2 rings (SSSR count). The van der Waals surface area contributed by atoms with E-state index in [0.29, 0.717) is 10.6 Å². The summed E-state index contributed by atoms with van der Waals surface area (Å²) in [6, 6.07) is 5.44. The number of aldehydes is 1. The predicted octanol–water partition coefficient (Wildman–Crippen LogP) is 4.64. The van der Waals surface area contributed by atoms with Crippen LogP contribution in [-0.2, 0) is 0 Å². The first kappa shape index (κ1) is 10.9. The molecule has 0 spiro atoms. The van der Waals surface area contributed by atoms with E-state index in [9.17, 15) is 4.79 Å². The van der Waals surface area contributed by atoms with Gasteiger partial charge in [-0.05, 0) is 39.0 Å². The zero-order chi connectivity index (χ0) is 10.8. The number of thiophene rings is 1. The van der Waals surface area contributed by atoms with Crippen molar-refractivity contribution in [3.63, 3.8) is 0 Å². The third kappa shape index (κ3) is 2.14. The van der Waals surface area contributed by atoms with Gasteiger partial charge in [-0.2, -0.15) is 11.3 Å². The van der Waals surface area contributed by atoms with Gasteiger partial charge in [0.25, 0.3) is 0 Å². The number of halogens is 2. The summed E-state index contributed by atoms with van der Waals surface area (Å²) >= 11 is 10.9. The lowest BCUT2D eigenvalue weighted by molar-refractivity contribution is 0.112. The third-order valence-corrected chi connectivity index (χ3v) is 4.10. The molecule has 15 heavy (non-hydrogen) atoms. The van der Waals surface area contributed by atoms with E-state index in [-0.39, 0.29) is 0 Å². The van der Waals surface area contributed by atoms with E-state index < -0.39 is 0 Å². The van der Waals surface area contributed by atoms with Crippen molar-refractivity contribution in [1.29, 1.82) is 0 Å². The molecule has 0 fully saturated rings. The van der Waals surface area contributed by atoms with E-state index in [1.807, 2.05) is 16.8 Å². The van der Waals surface area contributed by atoms with Gasteiger partial charge in [-0.25, -0.2) is 0 Å². The summed E-state index contributed by atoms with van der Waals surface area (Å²) in [5.74, 6) is 0. The Bertz CT molecular complexity index is 507. The van der Waals surface area contributed by atoms with Gasteiger partial charge in [0.1, 0.15) is 0 Å². The lowest BCUT2D eigenvalue weighted by atomic mass is 10.1. The first-order valence-electron chi connectivity index (χ1n) is 4.19. The van der Waals surface area contributed by atoms with Crippen molar-refractivity contribution < 1.29 is 4.79 Å². The lowest BCUT2D eigenvalue weighted by Gasteiger charge is -2.02. The second kappa shape index (κ2) is 4.47. The molecule has 0 radical (unpaired) electrons. The van der Waals surface area contributed by atoms with Crippen LogP contribution in [0.5, 0.6) is 0 Å². The van der Waals surface area contributed by atoms with E-state index in [2.05, 4.69) is 15.9 Å². The summed E-state index contributed by atoms with van der Waals surface area (Å²) in [7, 11) is 0. The molecule has 0 atom stereocenters. The van der Waals surface area contributed by atoms with Crippen LogP contribution >= 0.6 is 38.9 Å². The highest BCUT2D eigenvalue weighted by Crippen LogP contribution is 2.33. The lowest BCUT2D eigenvalue weighted by Crippen LogP contribution is -1.83. The average molecular weight is 302 g/mol. The number of hydrogen-bond donors (Lipinski definition) is 0. The summed E-state index contributed by atoms with van der Waals surface area (Å²) in [6.45, 7) is 0. The molecule has 0 unspecified atom stereocenters. The maximum atomic E-state index is 10.7. The second-order valence-electron chi connectivity index (χ2n) is 2.99. The van der Waals surface area contributed by atoms with E-state index >= 15 is 0 Å². The van der Waals surface area contributed by atoms with Crippen molar-refractivity contribution >= 4 is 45.2 Å². The Morgan fingerprint density at radius 3 is 2.73 bits per heavy atom. The van der Waals surface area contributed by atoms with Crippen LogP contribution in [0.4, 0.5) is 0 Å². The summed E-state index contributed by atoms with van der Waals surface area (Å²) in [5.41, 5.74) is 2.60. The molecule has 0 bridgehead atoms. The van der Waals surface area contributed by atoms with Gasteiger partial charge in [-0.1, -0.05) is 17.7 Å². The van der Waals surface area contributed by atoms with Crippen LogP contribution in [0.1, 0.15) is 10.4 Å². The highest BCUT2D eigenvalue weighted by atomic mass is 79.9. The number of benzene rings is 1. The molecule has 0 aliphatic heterocycles. The van der Waals surface area contributed by atoms with Gasteiger partial charge in [0.15, 0.2) is 6.29 Å². The van der Waals surface area contributed by atoms with Gasteiger partial charge >= 0.3 is 0 Å². The molecule has 2 aromatic rings. The van der Waals surface area contributed by atoms with Crippen molar-refractivity contribution in [1.82, 2.24) is 0 Å². The van der Waals surface area contributed by atoms with Crippen LogP contribution < -0.4 is 0 Å². The molecule has 1 aromatic carbocycles. The smallest absolute Gasteiger partial charge is 0.151 e. The number of carbonyl (C=O) groups excluding carboxylic acids is 1. The highest BCUT2D eigenvalue weighted by molar-refractivity contribution is 9.10. The minimum Gasteiger partial charge on any atom is -0.298 e. The largest absolute Gasteiger partial charge is 0.298 e. The van der Waals surface area contributed by atoms with E-state index in [4.69, 9.17) is 11.6 Å². The Balaban J connectivity index is 2.55. The van der Waals surface area contributed by atoms with Gasteiger partial charge in [-0.3, -0.25) is 4.79 Å². The molecular weight excluding hydrogens is 296 g/mol. The molecule has 0 amide bonds. The van der Waals surface area contributed by atoms with Gasteiger partial charge < -0.3 is 0 Å². The Hall–Kier alpha value is -0.640. The van der Waals surface area contributed by atoms with Crippen molar-refractivity contribution in [3.05, 3.63) is 44.0 Å². The second-order valence-corrected chi connectivity index (χ2v) is 4.99. The summed E-state index contributed by atoms with van der Waals surface area (Å²) in [6.07, 6.45) is 0.770. The number of rotatable bonds is 2. The van der Waals surface area contributed by atoms with Crippen molar-refractivity contribution in [3.8, 4) is 11.1 Å². The Labute approximate surface area is 105 Å². The highest BCUT2D eigenvalue weighted by Gasteiger charge is 2.06. The number of hydrogen-bond acceptors (Lipinski definition) is 2. The fourth-order valence-electron chi connectivity index (χ4n) is 1.29. The molecule has 0 aliphatic rings. The molecule has 0 N–H and O–H groups in total. The molecule has 76 valence electrons. The molecule has 1 heterocycles. The summed E-state index contributed by atoms with van der Waals surface area (Å²) in [5, 5.41) is 4.52. The van der Waals surface area contributed by atoms with Crippen LogP contribution in [0.2, 0.25) is 5.02 Å².